The van der Waals surface area contributed by atoms with Gasteiger partial charge in [-0.1, -0.05) is 13.8 Å². The van der Waals surface area contributed by atoms with Crippen LogP contribution in [0.2, 0.25) is 0 Å². The highest BCUT2D eigenvalue weighted by Gasteiger charge is 2.18. The fourth-order valence-corrected chi connectivity index (χ4v) is 2.93. The van der Waals surface area contributed by atoms with E-state index >= 15 is 0 Å². The third kappa shape index (κ3) is 4.82. The molecule has 8 heteroatoms. The third-order valence-corrected chi connectivity index (χ3v) is 4.16. The average molecular weight is 367 g/mol. The van der Waals surface area contributed by atoms with Crippen molar-refractivity contribution in [2.75, 3.05) is 18.4 Å². The van der Waals surface area contributed by atoms with E-state index in [9.17, 15) is 18.4 Å². The van der Waals surface area contributed by atoms with Gasteiger partial charge in [-0.2, -0.15) is 0 Å². The molecule has 1 heterocycles. The lowest BCUT2D eigenvalue weighted by molar-refractivity contribution is 0.0750. The molecular weight excluding hydrogens is 348 g/mol. The number of aromatic nitrogens is 1. The lowest BCUT2D eigenvalue weighted by Crippen LogP contribution is -2.32. The lowest BCUT2D eigenvalue weighted by atomic mass is 10.2. The highest BCUT2D eigenvalue weighted by molar-refractivity contribution is 7.14. The highest BCUT2D eigenvalue weighted by Crippen LogP contribution is 2.19. The van der Waals surface area contributed by atoms with Gasteiger partial charge < -0.3 is 4.90 Å². The number of hydrogen-bond donors (Lipinski definition) is 1. The Labute approximate surface area is 148 Å². The van der Waals surface area contributed by atoms with Crippen molar-refractivity contribution in [3.63, 3.8) is 0 Å². The molecule has 0 saturated heterocycles. The topological polar surface area (TPSA) is 62.3 Å². The number of nitrogens with zero attached hydrogens (tertiary/aromatic N) is 2. The van der Waals surface area contributed by atoms with Gasteiger partial charge in [0.1, 0.15) is 5.69 Å². The maximum Gasteiger partial charge on any atom is 0.273 e. The van der Waals surface area contributed by atoms with E-state index in [1.807, 2.05) is 13.8 Å². The van der Waals surface area contributed by atoms with Crippen molar-refractivity contribution in [2.24, 2.45) is 0 Å². The molecule has 0 bridgehead atoms. The van der Waals surface area contributed by atoms with Gasteiger partial charge in [0, 0.05) is 24.0 Å². The summed E-state index contributed by atoms with van der Waals surface area (Å²) >= 11 is 1.10. The van der Waals surface area contributed by atoms with Gasteiger partial charge in [-0.05, 0) is 31.0 Å². The maximum atomic E-state index is 13.2. The van der Waals surface area contributed by atoms with Gasteiger partial charge in [-0.3, -0.25) is 14.9 Å². The number of amides is 2. The molecule has 25 heavy (non-hydrogen) atoms. The van der Waals surface area contributed by atoms with E-state index < -0.39 is 17.5 Å². The summed E-state index contributed by atoms with van der Waals surface area (Å²) in [7, 11) is 0. The van der Waals surface area contributed by atoms with Gasteiger partial charge in [-0.15, -0.1) is 11.3 Å². The van der Waals surface area contributed by atoms with Gasteiger partial charge in [-0.25, -0.2) is 13.8 Å². The van der Waals surface area contributed by atoms with Gasteiger partial charge in [0.15, 0.2) is 16.8 Å². The monoisotopic (exact) mass is 367 g/mol. The third-order valence-electron chi connectivity index (χ3n) is 3.40. The van der Waals surface area contributed by atoms with E-state index in [2.05, 4.69) is 10.3 Å². The minimum atomic E-state index is -1.10. The molecule has 0 aliphatic carbocycles. The molecule has 0 unspecified atom stereocenters. The van der Waals surface area contributed by atoms with Crippen molar-refractivity contribution in [3.8, 4) is 0 Å². The van der Waals surface area contributed by atoms with Crippen LogP contribution in [0.5, 0.6) is 0 Å². The van der Waals surface area contributed by atoms with Crippen LogP contribution in [0.3, 0.4) is 0 Å². The fraction of sp³-hybridized carbons (Fsp3) is 0.353. The zero-order valence-corrected chi connectivity index (χ0v) is 14.8. The number of nitrogens with one attached hydrogen (secondary N) is 1. The first-order valence-corrected chi connectivity index (χ1v) is 8.85. The molecule has 0 radical (unpaired) electrons. The van der Waals surface area contributed by atoms with E-state index in [0.29, 0.717) is 13.1 Å². The van der Waals surface area contributed by atoms with Crippen LogP contribution < -0.4 is 5.32 Å². The number of hydrogen-bond acceptors (Lipinski definition) is 4. The Balaban J connectivity index is 2.08. The smallest absolute Gasteiger partial charge is 0.273 e. The summed E-state index contributed by atoms with van der Waals surface area (Å²) < 4.78 is 26.1. The predicted molar refractivity (Wildman–Crippen MR) is 92.9 cm³/mol. The second-order valence-electron chi connectivity index (χ2n) is 5.41. The molecule has 0 aliphatic rings. The van der Waals surface area contributed by atoms with Crippen molar-refractivity contribution >= 4 is 28.3 Å². The number of carbonyl (C=O) groups excluding carboxylic acids is 2. The zero-order valence-electron chi connectivity index (χ0n) is 14.0. The normalized spacial score (nSPS) is 10.6. The van der Waals surface area contributed by atoms with Gasteiger partial charge >= 0.3 is 0 Å². The number of anilines is 1. The molecule has 1 aromatic carbocycles. The Morgan fingerprint density at radius 3 is 2.44 bits per heavy atom. The molecule has 5 nitrogen and oxygen atoms in total. The SMILES string of the molecule is CCCN(CCC)C(=O)c1csc(NC(=O)c2ccc(F)c(F)c2)n1. The molecule has 134 valence electrons. The Kier molecular flexibility index (Phi) is 6.58. The van der Waals surface area contributed by atoms with Crippen LogP contribution in [0, 0.1) is 11.6 Å². The van der Waals surface area contributed by atoms with E-state index in [4.69, 9.17) is 0 Å². The standard InChI is InChI=1S/C17H19F2N3O2S/c1-3-7-22(8-4-2)16(24)14-10-25-17(20-14)21-15(23)11-5-6-12(18)13(19)9-11/h5-6,9-10H,3-4,7-8H2,1-2H3,(H,20,21,23). The summed E-state index contributed by atoms with van der Waals surface area (Å²) in [6.45, 7) is 5.26. The van der Waals surface area contributed by atoms with Crippen molar-refractivity contribution in [2.45, 2.75) is 26.7 Å². The summed E-state index contributed by atoms with van der Waals surface area (Å²) in [5.41, 5.74) is 0.230. The summed E-state index contributed by atoms with van der Waals surface area (Å²) in [4.78, 5) is 30.4. The second kappa shape index (κ2) is 8.66. The van der Waals surface area contributed by atoms with E-state index in [1.54, 1.807) is 10.3 Å². The zero-order chi connectivity index (χ0) is 18.4. The Morgan fingerprint density at radius 1 is 1.16 bits per heavy atom. The summed E-state index contributed by atoms with van der Waals surface area (Å²) in [6, 6.07) is 2.88. The molecule has 0 saturated carbocycles. The minimum absolute atomic E-state index is 0.0273. The van der Waals surface area contributed by atoms with Crippen LogP contribution in [-0.2, 0) is 0 Å². The second-order valence-corrected chi connectivity index (χ2v) is 6.27. The van der Waals surface area contributed by atoms with Crippen LogP contribution in [0.25, 0.3) is 0 Å². The first-order chi connectivity index (χ1) is 12.0. The number of thiazole rings is 1. The molecule has 0 fully saturated rings. The summed E-state index contributed by atoms with van der Waals surface area (Å²) in [6.07, 6.45) is 1.69. The quantitative estimate of drug-likeness (QED) is 0.806. The molecular formula is C17H19F2N3O2S. The molecule has 0 spiro atoms. The van der Waals surface area contributed by atoms with Crippen LogP contribution in [0.4, 0.5) is 13.9 Å². The number of rotatable bonds is 7. The summed E-state index contributed by atoms with van der Waals surface area (Å²) in [5, 5.41) is 4.29. The molecule has 2 rings (SSSR count). The molecule has 2 amide bonds. The van der Waals surface area contributed by atoms with Crippen LogP contribution in [0.1, 0.15) is 47.5 Å². The first kappa shape index (κ1) is 19.0. The number of benzene rings is 1. The van der Waals surface area contributed by atoms with Crippen LogP contribution in [-0.4, -0.2) is 34.8 Å². The van der Waals surface area contributed by atoms with E-state index in [-0.39, 0.29) is 22.3 Å². The molecule has 1 aromatic heterocycles. The first-order valence-electron chi connectivity index (χ1n) is 7.97. The van der Waals surface area contributed by atoms with Gasteiger partial charge in [0.05, 0.1) is 0 Å². The molecule has 1 N–H and O–H groups in total. The number of carbonyl (C=O) groups is 2. The fourth-order valence-electron chi connectivity index (χ4n) is 2.25. The van der Waals surface area contributed by atoms with E-state index in [1.165, 1.54) is 6.07 Å². The van der Waals surface area contributed by atoms with Crippen molar-refractivity contribution in [1.82, 2.24) is 9.88 Å². The molecule has 0 aliphatic heterocycles. The van der Waals surface area contributed by atoms with E-state index in [0.717, 1.165) is 36.3 Å². The van der Waals surface area contributed by atoms with Crippen LogP contribution in [0.15, 0.2) is 23.6 Å². The number of halogens is 2. The maximum absolute atomic E-state index is 13.2. The van der Waals surface area contributed by atoms with Crippen molar-refractivity contribution in [1.29, 1.82) is 0 Å². The Hall–Kier alpha value is -2.35. The predicted octanol–water partition coefficient (Wildman–Crippen LogP) is 3.94. The molecule has 0 atom stereocenters. The molecule has 2 aromatic rings. The lowest BCUT2D eigenvalue weighted by Gasteiger charge is -2.20. The summed E-state index contributed by atoms with van der Waals surface area (Å²) in [5.74, 6) is -2.93. The highest BCUT2D eigenvalue weighted by atomic mass is 32.1. The van der Waals surface area contributed by atoms with Gasteiger partial charge in [0.25, 0.3) is 11.8 Å². The Bertz CT molecular complexity index is 758. The largest absolute Gasteiger partial charge is 0.337 e. The van der Waals surface area contributed by atoms with Gasteiger partial charge in [0.2, 0.25) is 0 Å². The Morgan fingerprint density at radius 2 is 1.84 bits per heavy atom. The van der Waals surface area contributed by atoms with Crippen LogP contribution >= 0.6 is 11.3 Å². The average Bonchev–Trinajstić information content (AvgIpc) is 3.05. The minimum Gasteiger partial charge on any atom is -0.337 e. The van der Waals surface area contributed by atoms with Crippen molar-refractivity contribution < 1.29 is 18.4 Å². The van der Waals surface area contributed by atoms with Crippen molar-refractivity contribution in [3.05, 3.63) is 46.5 Å².